The van der Waals surface area contributed by atoms with Crippen molar-refractivity contribution >= 4 is 34.7 Å². The largest absolute Gasteiger partial charge is 0.434 e. The number of halogens is 3. The second kappa shape index (κ2) is 12.3. The number of nitrogens with zero attached hydrogens (tertiary/aromatic N) is 8. The highest BCUT2D eigenvalue weighted by molar-refractivity contribution is 6.31. The van der Waals surface area contributed by atoms with E-state index in [1.807, 2.05) is 0 Å². The van der Waals surface area contributed by atoms with Crippen molar-refractivity contribution in [3.63, 3.8) is 0 Å². The molecule has 0 aliphatic carbocycles. The van der Waals surface area contributed by atoms with E-state index in [1.54, 1.807) is 17.2 Å². The summed E-state index contributed by atoms with van der Waals surface area (Å²) < 4.78 is 33.9. The Kier molecular flexibility index (Phi) is 8.37. The Labute approximate surface area is 237 Å². The van der Waals surface area contributed by atoms with Crippen molar-refractivity contribution in [3.8, 4) is 17.0 Å². The Bertz CT molecular complexity index is 1610. The molecule has 0 saturated carbocycles. The predicted molar refractivity (Wildman–Crippen MR) is 145 cm³/mol. The maximum Gasteiger partial charge on any atom is 0.387 e. The molecule has 0 unspecified atom stereocenters. The van der Waals surface area contributed by atoms with Crippen LogP contribution in [0.1, 0.15) is 10.4 Å². The zero-order valence-electron chi connectivity index (χ0n) is 21.6. The van der Waals surface area contributed by atoms with Crippen molar-refractivity contribution in [2.24, 2.45) is 0 Å². The summed E-state index contributed by atoms with van der Waals surface area (Å²) in [5.41, 5.74) is 0.813. The van der Waals surface area contributed by atoms with Crippen LogP contribution < -0.4 is 10.1 Å². The minimum Gasteiger partial charge on any atom is -0.434 e. The molecule has 1 aliphatic heterocycles. The first-order chi connectivity index (χ1) is 19.8. The topological polar surface area (TPSA) is 114 Å². The van der Waals surface area contributed by atoms with Crippen LogP contribution in [0.3, 0.4) is 0 Å². The molecule has 4 heterocycles. The van der Waals surface area contributed by atoms with E-state index in [-0.39, 0.29) is 45.7 Å². The lowest BCUT2D eigenvalue weighted by molar-refractivity contribution is -0.133. The van der Waals surface area contributed by atoms with Gasteiger partial charge in [-0.25, -0.2) is 16.1 Å². The van der Waals surface area contributed by atoms with Crippen LogP contribution in [0, 0.1) is 6.57 Å². The maximum atomic E-state index is 13.3. The van der Waals surface area contributed by atoms with Gasteiger partial charge >= 0.3 is 6.61 Å². The molecule has 212 valence electrons. The van der Waals surface area contributed by atoms with Gasteiger partial charge in [0, 0.05) is 55.4 Å². The Morgan fingerprint density at radius 3 is 2.78 bits per heavy atom. The highest BCUT2D eigenvalue weighted by Gasteiger charge is 2.25. The fourth-order valence-electron chi connectivity index (χ4n) is 4.51. The monoisotopic (exact) mass is 583 g/mol. The van der Waals surface area contributed by atoms with Crippen LogP contribution in [-0.2, 0) is 11.3 Å². The Morgan fingerprint density at radius 1 is 1.22 bits per heavy atom. The summed E-state index contributed by atoms with van der Waals surface area (Å²) in [6, 6.07) is 5.73. The van der Waals surface area contributed by atoms with Crippen LogP contribution in [0.25, 0.3) is 21.7 Å². The molecule has 15 heteroatoms. The average molecular weight is 584 g/mol. The van der Waals surface area contributed by atoms with Crippen LogP contribution in [-0.4, -0.2) is 91.9 Å². The molecule has 12 nitrogen and oxygen atoms in total. The average Bonchev–Trinajstić information content (AvgIpc) is 3.57. The summed E-state index contributed by atoms with van der Waals surface area (Å²) in [4.78, 5) is 37.8. The number of fused-ring (bicyclic) bond motifs is 1. The molecule has 2 amide bonds. The first-order valence-electron chi connectivity index (χ1n) is 12.6. The smallest absolute Gasteiger partial charge is 0.387 e. The van der Waals surface area contributed by atoms with E-state index in [1.165, 1.54) is 46.0 Å². The predicted octanol–water partition coefficient (Wildman–Crippen LogP) is 3.16. The van der Waals surface area contributed by atoms with Gasteiger partial charge < -0.3 is 19.8 Å². The van der Waals surface area contributed by atoms with Crippen molar-refractivity contribution < 1.29 is 23.1 Å². The van der Waals surface area contributed by atoms with E-state index < -0.39 is 12.5 Å². The van der Waals surface area contributed by atoms with E-state index >= 15 is 0 Å². The summed E-state index contributed by atoms with van der Waals surface area (Å²) in [5, 5.41) is 11.6. The number of hydrogen-bond acceptors (Lipinski definition) is 7. The number of hydrogen-bond donors (Lipinski definition) is 1. The van der Waals surface area contributed by atoms with Crippen LogP contribution in [0.5, 0.6) is 5.75 Å². The highest BCUT2D eigenvalue weighted by Crippen LogP contribution is 2.37. The van der Waals surface area contributed by atoms with Gasteiger partial charge in [0.1, 0.15) is 23.6 Å². The second-order valence-electron chi connectivity index (χ2n) is 9.11. The van der Waals surface area contributed by atoms with Crippen LogP contribution in [0.4, 0.5) is 14.5 Å². The van der Waals surface area contributed by atoms with Crippen molar-refractivity contribution in [2.75, 3.05) is 44.6 Å². The second-order valence-corrected chi connectivity index (χ2v) is 9.55. The normalized spacial score (nSPS) is 13.9. The number of aromatic nitrogens is 5. The van der Waals surface area contributed by atoms with E-state index in [0.717, 1.165) is 0 Å². The number of benzene rings is 1. The molecule has 3 aromatic heterocycles. The molecule has 0 atom stereocenters. The first-order valence-corrected chi connectivity index (χ1v) is 13.0. The molecule has 1 fully saturated rings. The Morgan fingerprint density at radius 2 is 2.02 bits per heavy atom. The summed E-state index contributed by atoms with van der Waals surface area (Å²) in [7, 11) is 0. The third kappa shape index (κ3) is 6.42. The minimum atomic E-state index is -3.12. The van der Waals surface area contributed by atoms with Crippen LogP contribution in [0.15, 0.2) is 49.1 Å². The van der Waals surface area contributed by atoms with E-state index in [2.05, 4.69) is 30.2 Å². The number of ether oxygens (including phenoxy) is 1. The number of amides is 2. The lowest BCUT2D eigenvalue weighted by atomic mass is 10.1. The zero-order valence-corrected chi connectivity index (χ0v) is 22.3. The number of alkyl halides is 2. The van der Waals surface area contributed by atoms with E-state index in [9.17, 15) is 18.4 Å². The number of carbonyl (C=O) groups is 2. The van der Waals surface area contributed by atoms with Gasteiger partial charge in [-0.2, -0.15) is 19.0 Å². The van der Waals surface area contributed by atoms with Crippen molar-refractivity contribution in [1.29, 1.82) is 0 Å². The van der Waals surface area contributed by atoms with Crippen molar-refractivity contribution in [2.45, 2.75) is 13.2 Å². The van der Waals surface area contributed by atoms with Gasteiger partial charge in [0.2, 0.25) is 12.5 Å². The van der Waals surface area contributed by atoms with Crippen molar-refractivity contribution in [3.05, 3.63) is 71.1 Å². The van der Waals surface area contributed by atoms with Crippen molar-refractivity contribution in [1.82, 2.24) is 34.2 Å². The lowest BCUT2D eigenvalue weighted by Gasteiger charge is -2.33. The first kappa shape index (κ1) is 27.9. The molecule has 1 N–H and O–H groups in total. The fraction of sp³-hybridized carbons (Fsp3) is 0.308. The summed E-state index contributed by atoms with van der Waals surface area (Å²) in [6.45, 7) is 7.03. The van der Waals surface area contributed by atoms with Crippen LogP contribution in [0.2, 0.25) is 5.02 Å². The fourth-order valence-corrected chi connectivity index (χ4v) is 4.68. The molecule has 1 aromatic carbocycles. The molecule has 5 rings (SSSR count). The van der Waals surface area contributed by atoms with Crippen LogP contribution >= 0.6 is 11.6 Å². The standard InChI is InChI=1S/C26H24ClF2N9O3/c1-30-6-8-35-9-11-36(12-10-35)22(39)16-37-15-20(33-25(40)19-14-32-38-7-2-5-31-24(19)38)23(34-37)18-13-17(27)3-4-21(18)41-26(28)29/h2-5,7,13-15,26H,6,8-12,16H2,(H,33,40). The third-order valence-corrected chi connectivity index (χ3v) is 6.73. The molecule has 4 aromatic rings. The van der Waals surface area contributed by atoms with Gasteiger partial charge in [0.15, 0.2) is 5.65 Å². The zero-order chi connectivity index (χ0) is 28.9. The molecule has 0 bridgehead atoms. The Hall–Kier alpha value is -4.61. The third-order valence-electron chi connectivity index (χ3n) is 6.50. The summed E-state index contributed by atoms with van der Waals surface area (Å²) in [6.07, 6.45) is 5.96. The van der Waals surface area contributed by atoms with Gasteiger partial charge in [0.05, 0.1) is 18.4 Å². The number of carbonyl (C=O) groups excluding carboxylic acids is 2. The highest BCUT2D eigenvalue weighted by atomic mass is 35.5. The molecular weight excluding hydrogens is 560 g/mol. The maximum absolute atomic E-state index is 13.3. The van der Waals surface area contributed by atoms with Gasteiger partial charge in [-0.05, 0) is 24.3 Å². The van der Waals surface area contributed by atoms with Gasteiger partial charge in [-0.3, -0.25) is 19.2 Å². The van der Waals surface area contributed by atoms with Gasteiger partial charge in [0.25, 0.3) is 5.91 Å². The summed E-state index contributed by atoms with van der Waals surface area (Å²) >= 11 is 6.18. The summed E-state index contributed by atoms with van der Waals surface area (Å²) in [5.74, 6) is -0.979. The molecular formula is C26H24ClF2N9O3. The molecule has 0 spiro atoms. The van der Waals surface area contributed by atoms with E-state index in [0.29, 0.717) is 44.9 Å². The number of rotatable bonds is 9. The SMILES string of the molecule is [C-]#[N+]CCN1CCN(C(=O)Cn2cc(NC(=O)c3cnn4cccnc34)c(-c3cc(Cl)ccc3OC(F)F)n2)CC1. The number of anilines is 1. The molecule has 1 aliphatic rings. The molecule has 1 saturated heterocycles. The number of nitrogens with one attached hydrogen (secondary N) is 1. The minimum absolute atomic E-state index is 0.0812. The Balaban J connectivity index is 1.43. The van der Waals surface area contributed by atoms with Gasteiger partial charge in [-0.1, -0.05) is 11.6 Å². The molecule has 41 heavy (non-hydrogen) atoms. The quantitative estimate of drug-likeness (QED) is 0.301. The van der Waals surface area contributed by atoms with Gasteiger partial charge in [-0.15, -0.1) is 0 Å². The van der Waals surface area contributed by atoms with E-state index in [4.69, 9.17) is 22.9 Å². The number of piperazine rings is 1. The lowest BCUT2D eigenvalue weighted by Crippen LogP contribution is -2.50. The molecule has 0 radical (unpaired) electrons.